The summed E-state index contributed by atoms with van der Waals surface area (Å²) in [6.07, 6.45) is 5.04. The number of aromatic nitrogens is 3. The Morgan fingerprint density at radius 1 is 1.17 bits per heavy atom. The number of hydrogen-bond donors (Lipinski definition) is 1. The first-order valence-electron chi connectivity index (χ1n) is 12.3. The maximum absolute atomic E-state index is 12.8. The number of nitrogens with two attached hydrogens (primary N) is 1. The molecule has 4 aliphatic rings. The molecule has 2 aromatic rings. The minimum atomic E-state index is -4.86. The van der Waals surface area contributed by atoms with Crippen molar-refractivity contribution in [1.29, 1.82) is 0 Å². The van der Waals surface area contributed by atoms with Crippen LogP contribution in [0.1, 0.15) is 49.9 Å². The predicted octanol–water partition coefficient (Wildman–Crippen LogP) is 2.97. The molecule has 2 aromatic heterocycles. The standard InChI is InChI=1S/C23H29F3N6O3S/c1-36(33,34)31-8-6-30(7-9-31)22-5-4-16(22)18(11-22)32-13-17(29-21(32)14-2-3-14)15-10-19(20(27)28-12-15)35-23(24,25)26/h10,12-14,16,18H,2-9,11H2,1H3,(H2,27,28). The van der Waals surface area contributed by atoms with E-state index in [2.05, 4.69) is 19.2 Å². The highest BCUT2D eigenvalue weighted by molar-refractivity contribution is 7.88. The number of hydrogen-bond acceptors (Lipinski definition) is 7. The van der Waals surface area contributed by atoms with Gasteiger partial charge >= 0.3 is 6.36 Å². The predicted molar refractivity (Wildman–Crippen MR) is 126 cm³/mol. The van der Waals surface area contributed by atoms with Gasteiger partial charge < -0.3 is 15.0 Å². The lowest BCUT2D eigenvalue weighted by Crippen LogP contribution is -2.72. The third kappa shape index (κ3) is 4.04. The van der Waals surface area contributed by atoms with Crippen LogP contribution in [-0.4, -0.2) is 76.5 Å². The van der Waals surface area contributed by atoms with Crippen molar-refractivity contribution in [3.8, 4) is 17.0 Å². The summed E-state index contributed by atoms with van der Waals surface area (Å²) >= 11 is 0. The number of nitrogens with zero attached hydrogens (tertiary/aromatic N) is 5. The molecule has 1 saturated heterocycles. The Morgan fingerprint density at radius 3 is 2.44 bits per heavy atom. The molecule has 9 nitrogen and oxygen atoms in total. The molecule has 0 radical (unpaired) electrons. The molecular formula is C23H29F3N6O3S. The third-order valence-electron chi connectivity index (χ3n) is 8.41. The Kier molecular flexibility index (Phi) is 5.37. The fraction of sp³-hybridized carbons (Fsp3) is 0.652. The highest BCUT2D eigenvalue weighted by Crippen LogP contribution is 2.63. The topological polar surface area (TPSA) is 107 Å². The molecule has 2 N–H and O–H groups in total. The first kappa shape index (κ1) is 24.0. The Morgan fingerprint density at radius 2 is 1.89 bits per heavy atom. The van der Waals surface area contributed by atoms with E-state index in [1.54, 1.807) is 4.31 Å². The zero-order valence-electron chi connectivity index (χ0n) is 19.9. The van der Waals surface area contributed by atoms with E-state index >= 15 is 0 Å². The summed E-state index contributed by atoms with van der Waals surface area (Å²) < 4.78 is 70.0. The van der Waals surface area contributed by atoms with Crippen LogP contribution in [-0.2, 0) is 10.0 Å². The minimum Gasteiger partial charge on any atom is -0.402 e. The molecule has 3 heterocycles. The second-order valence-corrected chi connectivity index (χ2v) is 12.5. The number of piperazine rings is 1. The SMILES string of the molecule is CS(=O)(=O)N1CCN(C23CCC2C(n2cc(-c4cnc(N)c(OC(F)(F)F)c4)nc2C2CC2)C3)CC1. The summed E-state index contributed by atoms with van der Waals surface area (Å²) in [5.74, 6) is 0.937. The Hall–Kier alpha value is -2.38. The van der Waals surface area contributed by atoms with E-state index in [-0.39, 0.29) is 17.4 Å². The van der Waals surface area contributed by atoms with Gasteiger partial charge in [-0.05, 0) is 44.1 Å². The van der Waals surface area contributed by atoms with Gasteiger partial charge in [0.15, 0.2) is 11.6 Å². The Bertz CT molecular complexity index is 1290. The minimum absolute atomic E-state index is 0.107. The molecule has 3 aliphatic carbocycles. The number of anilines is 1. The van der Waals surface area contributed by atoms with Crippen molar-refractivity contribution in [3.05, 3.63) is 24.3 Å². The highest BCUT2D eigenvalue weighted by Gasteiger charge is 2.63. The fourth-order valence-electron chi connectivity index (χ4n) is 6.33. The van der Waals surface area contributed by atoms with Crippen molar-refractivity contribution in [2.24, 2.45) is 5.92 Å². The number of sulfonamides is 1. The van der Waals surface area contributed by atoms with Crippen LogP contribution in [0.25, 0.3) is 11.3 Å². The van der Waals surface area contributed by atoms with Gasteiger partial charge in [0.25, 0.3) is 0 Å². The maximum atomic E-state index is 12.8. The highest BCUT2D eigenvalue weighted by atomic mass is 32.2. The zero-order valence-corrected chi connectivity index (χ0v) is 20.7. The van der Waals surface area contributed by atoms with Gasteiger partial charge in [-0.2, -0.15) is 4.31 Å². The van der Waals surface area contributed by atoms with Crippen molar-refractivity contribution in [2.75, 3.05) is 38.2 Å². The number of ether oxygens (including phenoxy) is 1. The molecule has 3 saturated carbocycles. The second-order valence-electron chi connectivity index (χ2n) is 10.5. The van der Waals surface area contributed by atoms with Crippen LogP contribution >= 0.6 is 0 Å². The Labute approximate surface area is 207 Å². The van der Waals surface area contributed by atoms with Gasteiger partial charge in [0.05, 0.1) is 11.9 Å². The van der Waals surface area contributed by atoms with E-state index in [4.69, 9.17) is 10.7 Å². The zero-order chi connectivity index (χ0) is 25.5. The molecule has 36 heavy (non-hydrogen) atoms. The molecule has 1 aliphatic heterocycles. The van der Waals surface area contributed by atoms with Crippen LogP contribution in [0.4, 0.5) is 19.0 Å². The summed E-state index contributed by atoms with van der Waals surface area (Å²) in [5, 5.41) is 0. The molecule has 0 aromatic carbocycles. The molecule has 3 unspecified atom stereocenters. The summed E-state index contributed by atoms with van der Waals surface area (Å²) in [6, 6.07) is 1.52. The first-order chi connectivity index (χ1) is 16.9. The van der Waals surface area contributed by atoms with Crippen LogP contribution < -0.4 is 10.5 Å². The van der Waals surface area contributed by atoms with Gasteiger partial charge in [-0.15, -0.1) is 13.2 Å². The molecule has 4 fully saturated rings. The molecule has 196 valence electrons. The quantitative estimate of drug-likeness (QED) is 0.617. The van der Waals surface area contributed by atoms with Crippen molar-refractivity contribution in [3.63, 3.8) is 0 Å². The second kappa shape index (κ2) is 8.06. The molecule has 6 rings (SSSR count). The van der Waals surface area contributed by atoms with Crippen LogP contribution in [0.3, 0.4) is 0 Å². The number of rotatable bonds is 6. The van der Waals surface area contributed by atoms with E-state index in [0.29, 0.717) is 36.2 Å². The first-order valence-corrected chi connectivity index (χ1v) is 14.1. The van der Waals surface area contributed by atoms with Gasteiger partial charge in [-0.1, -0.05) is 0 Å². The normalized spacial score (nSPS) is 29.3. The van der Waals surface area contributed by atoms with Gasteiger partial charge in [-0.3, -0.25) is 4.90 Å². The molecule has 3 atom stereocenters. The number of alkyl halides is 3. The molecular weight excluding hydrogens is 497 g/mol. The summed E-state index contributed by atoms with van der Waals surface area (Å²) in [4.78, 5) is 11.2. The molecule has 0 spiro atoms. The smallest absolute Gasteiger partial charge is 0.402 e. The monoisotopic (exact) mass is 526 g/mol. The lowest BCUT2D eigenvalue weighted by Gasteiger charge is -2.68. The van der Waals surface area contributed by atoms with E-state index in [1.165, 1.54) is 18.5 Å². The van der Waals surface area contributed by atoms with Gasteiger partial charge in [-0.25, -0.2) is 18.4 Å². The average Bonchev–Trinajstić information content (AvgIpc) is 3.54. The van der Waals surface area contributed by atoms with Crippen molar-refractivity contribution in [2.45, 2.75) is 56.0 Å². The number of imidazole rings is 1. The van der Waals surface area contributed by atoms with E-state index < -0.39 is 22.1 Å². The average molecular weight is 527 g/mol. The number of fused-ring (bicyclic) bond motifs is 1. The van der Waals surface area contributed by atoms with Gasteiger partial charge in [0.1, 0.15) is 5.82 Å². The van der Waals surface area contributed by atoms with E-state index in [9.17, 15) is 21.6 Å². The van der Waals surface area contributed by atoms with Crippen LogP contribution in [0.2, 0.25) is 0 Å². The van der Waals surface area contributed by atoms with Crippen molar-refractivity contribution >= 4 is 15.8 Å². The van der Waals surface area contributed by atoms with Crippen LogP contribution in [0.5, 0.6) is 5.75 Å². The van der Waals surface area contributed by atoms with Crippen LogP contribution in [0, 0.1) is 5.92 Å². The van der Waals surface area contributed by atoms with Crippen LogP contribution in [0.15, 0.2) is 18.5 Å². The van der Waals surface area contributed by atoms with Gasteiger partial charge in [0.2, 0.25) is 10.0 Å². The number of pyridine rings is 1. The lowest BCUT2D eigenvalue weighted by atomic mass is 9.49. The largest absolute Gasteiger partial charge is 0.573 e. The summed E-state index contributed by atoms with van der Waals surface area (Å²) in [6.45, 7) is 2.51. The van der Waals surface area contributed by atoms with Crippen molar-refractivity contribution < 1.29 is 26.3 Å². The van der Waals surface area contributed by atoms with Crippen molar-refractivity contribution in [1.82, 2.24) is 23.7 Å². The third-order valence-corrected chi connectivity index (χ3v) is 9.71. The number of halogens is 3. The molecule has 13 heteroatoms. The maximum Gasteiger partial charge on any atom is 0.573 e. The Balaban J connectivity index is 1.23. The molecule has 0 bridgehead atoms. The molecule has 0 amide bonds. The van der Waals surface area contributed by atoms with Gasteiger partial charge in [0, 0.05) is 61.6 Å². The van der Waals surface area contributed by atoms with E-state index in [1.807, 2.05) is 6.20 Å². The summed E-state index contributed by atoms with van der Waals surface area (Å²) in [5.41, 5.74) is 6.71. The van der Waals surface area contributed by atoms with E-state index in [0.717, 1.165) is 51.0 Å². The summed E-state index contributed by atoms with van der Waals surface area (Å²) in [7, 11) is -3.17. The lowest BCUT2D eigenvalue weighted by molar-refractivity contribution is -0.274. The number of nitrogen functional groups attached to an aromatic ring is 1. The fourth-order valence-corrected chi connectivity index (χ4v) is 7.16.